The van der Waals surface area contributed by atoms with Gasteiger partial charge in [-0.25, -0.2) is 5.26 Å². The molecule has 3 aromatic rings. The minimum atomic E-state index is -0.379. The summed E-state index contributed by atoms with van der Waals surface area (Å²) in [5, 5.41) is 33.6. The Morgan fingerprint density at radius 2 is 1.80 bits per heavy atom. The summed E-state index contributed by atoms with van der Waals surface area (Å²) in [6.45, 7) is 1.69. The summed E-state index contributed by atoms with van der Waals surface area (Å²) in [7, 11) is 0. The highest BCUT2D eigenvalue weighted by atomic mass is 32.2. The van der Waals surface area contributed by atoms with Crippen molar-refractivity contribution in [3.8, 4) is 5.75 Å². The van der Waals surface area contributed by atoms with Gasteiger partial charge < -0.3 is 5.11 Å². The molecule has 0 saturated carbocycles. The number of phenols is 1. The van der Waals surface area contributed by atoms with Gasteiger partial charge in [0, 0.05) is 10.8 Å². The molecular weight excluding hydrogens is 408 g/mol. The predicted molar refractivity (Wildman–Crippen MR) is 114 cm³/mol. The predicted octanol–water partition coefficient (Wildman–Crippen LogP) is 4.16. The van der Waals surface area contributed by atoms with Crippen molar-refractivity contribution < 1.29 is 24.5 Å². The van der Waals surface area contributed by atoms with Crippen LogP contribution in [0.15, 0.2) is 75.8 Å². The van der Waals surface area contributed by atoms with E-state index in [1.165, 1.54) is 11.1 Å². The maximum absolute atomic E-state index is 12.8. The zero-order valence-corrected chi connectivity index (χ0v) is 16.5. The summed E-state index contributed by atoms with van der Waals surface area (Å²) in [5.74, 6) is -0.502. The topological polar surface area (TPSA) is 116 Å². The molecule has 3 N–H and O–H groups in total. The lowest BCUT2D eigenvalue weighted by Crippen LogP contribution is -2.27. The number of hydrazone groups is 2. The number of nitrogens with zero attached hydrogens (tertiary/aromatic N) is 3. The van der Waals surface area contributed by atoms with E-state index in [0.717, 1.165) is 12.0 Å². The molecule has 1 amide bonds. The van der Waals surface area contributed by atoms with Crippen LogP contribution >= 0.6 is 12.0 Å². The van der Waals surface area contributed by atoms with Crippen LogP contribution in [0.5, 0.6) is 5.75 Å². The van der Waals surface area contributed by atoms with Crippen LogP contribution in [0.4, 0.5) is 11.4 Å². The molecule has 0 bridgehead atoms. The molecule has 0 fully saturated rings. The molecule has 9 nitrogen and oxygen atoms in total. The third-order valence-electron chi connectivity index (χ3n) is 4.41. The number of carbonyl (C=O) groups is 1. The van der Waals surface area contributed by atoms with Crippen LogP contribution in [0.1, 0.15) is 6.92 Å². The van der Waals surface area contributed by atoms with E-state index >= 15 is 0 Å². The van der Waals surface area contributed by atoms with Gasteiger partial charge in [0.2, 0.25) is 0 Å². The first-order valence-corrected chi connectivity index (χ1v) is 9.52. The molecule has 3 aromatic carbocycles. The van der Waals surface area contributed by atoms with Gasteiger partial charge in [-0.2, -0.15) is 15.2 Å². The Kier molecular flexibility index (Phi) is 5.63. The number of fused-ring (bicyclic) bond motifs is 1. The van der Waals surface area contributed by atoms with E-state index in [9.17, 15) is 9.90 Å². The lowest BCUT2D eigenvalue weighted by Gasteiger charge is -2.12. The van der Waals surface area contributed by atoms with Crippen molar-refractivity contribution in [2.24, 2.45) is 10.2 Å². The minimum Gasteiger partial charge on any atom is -0.506 e. The first kappa shape index (κ1) is 19.9. The van der Waals surface area contributed by atoms with E-state index in [4.69, 9.17) is 5.26 Å². The average Bonchev–Trinajstić information content (AvgIpc) is 3.05. The molecule has 0 spiro atoms. The standard InChI is InChI=1S/C20H16N4O5S/c1-12-18(20(26)24(23-12)13-7-3-2-4-8-13)21-22-19-15-10-6-5-9-14(15)17(11-16(19)25)30-29-28-27/h2-11,22,25,27H,1H3/b21-18-. The van der Waals surface area contributed by atoms with Gasteiger partial charge in [-0.3, -0.25) is 10.2 Å². The number of rotatable bonds is 6. The highest BCUT2D eigenvalue weighted by Crippen LogP contribution is 2.39. The molecule has 1 aliphatic heterocycles. The zero-order valence-electron chi connectivity index (χ0n) is 15.6. The average molecular weight is 424 g/mol. The fourth-order valence-corrected chi connectivity index (χ4v) is 3.58. The van der Waals surface area contributed by atoms with Crippen molar-refractivity contribution in [3.05, 3.63) is 60.7 Å². The third kappa shape index (κ3) is 3.72. The van der Waals surface area contributed by atoms with Crippen LogP contribution in [0.2, 0.25) is 0 Å². The third-order valence-corrected chi connectivity index (χ3v) is 5.05. The molecular formula is C20H16N4O5S. The molecule has 1 aliphatic rings. The largest absolute Gasteiger partial charge is 0.506 e. The van der Waals surface area contributed by atoms with Gasteiger partial charge in [-0.1, -0.05) is 47.5 Å². The lowest BCUT2D eigenvalue weighted by atomic mass is 10.1. The van der Waals surface area contributed by atoms with Gasteiger partial charge in [-0.05, 0) is 25.1 Å². The second-order valence-electron chi connectivity index (χ2n) is 6.25. The maximum atomic E-state index is 12.8. The fourth-order valence-electron chi connectivity index (χ4n) is 3.05. The Balaban J connectivity index is 1.67. The molecule has 0 aliphatic carbocycles. The van der Waals surface area contributed by atoms with Crippen molar-refractivity contribution in [1.82, 2.24) is 0 Å². The van der Waals surface area contributed by atoms with Gasteiger partial charge in [-0.15, -0.1) is 4.33 Å². The fraction of sp³-hybridized carbons (Fsp3) is 0.0500. The van der Waals surface area contributed by atoms with Crippen LogP contribution in [-0.2, 0) is 14.2 Å². The van der Waals surface area contributed by atoms with Crippen LogP contribution in [0.3, 0.4) is 0 Å². The van der Waals surface area contributed by atoms with Gasteiger partial charge >= 0.3 is 5.91 Å². The van der Waals surface area contributed by atoms with Crippen molar-refractivity contribution in [2.45, 2.75) is 11.8 Å². The quantitative estimate of drug-likeness (QED) is 0.235. The van der Waals surface area contributed by atoms with E-state index in [1.807, 2.05) is 24.3 Å². The second-order valence-corrected chi connectivity index (χ2v) is 6.99. The summed E-state index contributed by atoms with van der Waals surface area (Å²) in [4.78, 5) is 13.3. The van der Waals surface area contributed by atoms with E-state index in [1.54, 1.807) is 37.3 Å². The van der Waals surface area contributed by atoms with Gasteiger partial charge in [0.15, 0.2) is 5.71 Å². The Morgan fingerprint density at radius 3 is 2.53 bits per heavy atom. The Bertz CT molecular complexity index is 1170. The number of phenolic OH excluding ortho intramolecular Hbond substituents is 1. The van der Waals surface area contributed by atoms with E-state index < -0.39 is 0 Å². The Labute approximate surface area is 175 Å². The molecule has 0 aromatic heterocycles. The number of nitrogens with one attached hydrogen (secondary N) is 1. The number of amides is 1. The zero-order chi connectivity index (χ0) is 21.1. The summed E-state index contributed by atoms with van der Waals surface area (Å²) in [6, 6.07) is 17.7. The highest BCUT2D eigenvalue weighted by Gasteiger charge is 2.30. The van der Waals surface area contributed by atoms with Crippen molar-refractivity contribution in [1.29, 1.82) is 0 Å². The normalized spacial score (nSPS) is 15.1. The first-order chi connectivity index (χ1) is 14.6. The lowest BCUT2D eigenvalue weighted by molar-refractivity contribution is -0.432. The molecule has 1 heterocycles. The number of benzene rings is 3. The number of hydrogen-bond donors (Lipinski definition) is 3. The van der Waals surface area contributed by atoms with Gasteiger partial charge in [0.05, 0.1) is 28.3 Å². The van der Waals surface area contributed by atoms with Crippen LogP contribution in [-0.4, -0.2) is 27.7 Å². The minimum absolute atomic E-state index is 0.123. The molecule has 152 valence electrons. The van der Waals surface area contributed by atoms with Crippen LogP contribution in [0.25, 0.3) is 10.8 Å². The molecule has 0 radical (unpaired) electrons. The molecule has 0 atom stereocenters. The van der Waals surface area contributed by atoms with E-state index in [-0.39, 0.29) is 17.4 Å². The number of anilines is 2. The summed E-state index contributed by atoms with van der Waals surface area (Å²) in [5.41, 5.74) is 4.32. The molecule has 30 heavy (non-hydrogen) atoms. The van der Waals surface area contributed by atoms with E-state index in [0.29, 0.717) is 32.8 Å². The maximum Gasteiger partial charge on any atom is 0.301 e. The second kappa shape index (κ2) is 8.51. The summed E-state index contributed by atoms with van der Waals surface area (Å²) < 4.78 is 4.49. The number of carbonyl (C=O) groups excluding carboxylic acids is 1. The SMILES string of the molecule is CC1=NN(c2ccccc2)C(=O)/C1=N\Nc1c(O)cc(SOOO)c2ccccc12. The van der Waals surface area contributed by atoms with E-state index in [2.05, 4.69) is 25.0 Å². The first-order valence-electron chi connectivity index (χ1n) is 8.78. The highest BCUT2D eigenvalue weighted by molar-refractivity contribution is 7.94. The molecule has 0 unspecified atom stereocenters. The Hall–Kier alpha value is -3.44. The van der Waals surface area contributed by atoms with Gasteiger partial charge in [0.25, 0.3) is 0 Å². The monoisotopic (exact) mass is 424 g/mol. The van der Waals surface area contributed by atoms with Gasteiger partial charge in [0.1, 0.15) is 11.4 Å². The Morgan fingerprint density at radius 1 is 1.10 bits per heavy atom. The van der Waals surface area contributed by atoms with Crippen molar-refractivity contribution >= 4 is 51.5 Å². The summed E-state index contributed by atoms with van der Waals surface area (Å²) in [6.07, 6.45) is 0. The number of hydrogen-bond acceptors (Lipinski definition) is 9. The van der Waals surface area contributed by atoms with Crippen LogP contribution in [0, 0.1) is 0 Å². The molecule has 0 saturated heterocycles. The number of para-hydroxylation sites is 1. The molecule has 4 rings (SSSR count). The molecule has 10 heteroatoms. The van der Waals surface area contributed by atoms with Crippen LogP contribution < -0.4 is 10.4 Å². The summed E-state index contributed by atoms with van der Waals surface area (Å²) >= 11 is 0.739. The van der Waals surface area contributed by atoms with Crippen molar-refractivity contribution in [2.75, 3.05) is 10.4 Å². The number of aromatic hydroxyl groups is 1. The smallest absolute Gasteiger partial charge is 0.301 e. The van der Waals surface area contributed by atoms with Crippen molar-refractivity contribution in [3.63, 3.8) is 0 Å².